The lowest BCUT2D eigenvalue weighted by molar-refractivity contribution is 0.0690. The van der Waals surface area contributed by atoms with E-state index in [1.54, 1.807) is 12.1 Å². The number of hydrogen-bond acceptors (Lipinski definition) is 3. The van der Waals surface area contributed by atoms with Gasteiger partial charge in [-0.05, 0) is 50.4 Å². The van der Waals surface area contributed by atoms with Crippen LogP contribution in [0.5, 0.6) is 0 Å². The maximum absolute atomic E-state index is 10.9. The summed E-state index contributed by atoms with van der Waals surface area (Å²) in [4.78, 5) is 17.5. The summed E-state index contributed by atoms with van der Waals surface area (Å²) in [5, 5.41) is 8.95. The van der Waals surface area contributed by atoms with Crippen molar-refractivity contribution < 1.29 is 9.90 Å². The van der Waals surface area contributed by atoms with Gasteiger partial charge in [-0.25, -0.2) is 9.78 Å². The fraction of sp³-hybridized carbons (Fsp3) is 0.600. The maximum atomic E-state index is 10.9. The third-order valence-corrected chi connectivity index (χ3v) is 3.93. The highest BCUT2D eigenvalue weighted by Crippen LogP contribution is 2.21. The third kappa shape index (κ3) is 4.03. The SMILES string of the molecule is CCC1CCCN(Cc2cccc(C(=O)O)n2)CC1. The number of nitrogens with zero attached hydrogens (tertiary/aromatic N) is 2. The number of rotatable bonds is 4. The number of carboxylic acid groups (broad SMARTS) is 1. The van der Waals surface area contributed by atoms with Gasteiger partial charge in [-0.1, -0.05) is 19.4 Å². The highest BCUT2D eigenvalue weighted by Gasteiger charge is 2.16. The average Bonchev–Trinajstić information content (AvgIpc) is 2.64. The Morgan fingerprint density at radius 2 is 2.26 bits per heavy atom. The summed E-state index contributed by atoms with van der Waals surface area (Å²) >= 11 is 0. The maximum Gasteiger partial charge on any atom is 0.354 e. The molecule has 1 aliphatic heterocycles. The van der Waals surface area contributed by atoms with E-state index in [-0.39, 0.29) is 5.69 Å². The average molecular weight is 262 g/mol. The molecule has 1 saturated heterocycles. The Bertz CT molecular complexity index is 434. The summed E-state index contributed by atoms with van der Waals surface area (Å²) in [6.45, 7) is 5.21. The molecule has 1 aromatic heterocycles. The molecule has 0 saturated carbocycles. The van der Waals surface area contributed by atoms with E-state index in [0.29, 0.717) is 0 Å². The van der Waals surface area contributed by atoms with Crippen molar-refractivity contribution in [3.8, 4) is 0 Å². The molecule has 0 spiro atoms. The van der Waals surface area contributed by atoms with Crippen molar-refractivity contribution >= 4 is 5.97 Å². The zero-order valence-corrected chi connectivity index (χ0v) is 11.5. The van der Waals surface area contributed by atoms with Crippen LogP contribution >= 0.6 is 0 Å². The molecule has 1 atom stereocenters. The third-order valence-electron chi connectivity index (χ3n) is 3.93. The van der Waals surface area contributed by atoms with Crippen molar-refractivity contribution in [3.63, 3.8) is 0 Å². The lowest BCUT2D eigenvalue weighted by Crippen LogP contribution is -2.25. The molecule has 0 aromatic carbocycles. The van der Waals surface area contributed by atoms with Crippen molar-refractivity contribution in [1.82, 2.24) is 9.88 Å². The van der Waals surface area contributed by atoms with Gasteiger partial charge in [0.15, 0.2) is 0 Å². The van der Waals surface area contributed by atoms with E-state index >= 15 is 0 Å². The van der Waals surface area contributed by atoms with Crippen LogP contribution in [0.25, 0.3) is 0 Å². The Kier molecular flexibility index (Phi) is 4.91. The Morgan fingerprint density at radius 1 is 1.42 bits per heavy atom. The summed E-state index contributed by atoms with van der Waals surface area (Å²) in [6, 6.07) is 5.23. The first-order valence-electron chi connectivity index (χ1n) is 7.10. The largest absolute Gasteiger partial charge is 0.477 e. The smallest absolute Gasteiger partial charge is 0.354 e. The molecule has 0 aliphatic carbocycles. The normalized spacial score (nSPS) is 21.0. The molecule has 19 heavy (non-hydrogen) atoms. The van der Waals surface area contributed by atoms with Gasteiger partial charge >= 0.3 is 5.97 Å². The molecular weight excluding hydrogens is 240 g/mol. The van der Waals surface area contributed by atoms with Crippen LogP contribution in [0.4, 0.5) is 0 Å². The van der Waals surface area contributed by atoms with Gasteiger partial charge in [0.25, 0.3) is 0 Å². The highest BCUT2D eigenvalue weighted by molar-refractivity contribution is 5.85. The summed E-state index contributed by atoms with van der Waals surface area (Å²) in [7, 11) is 0. The van der Waals surface area contributed by atoms with Crippen molar-refractivity contribution in [3.05, 3.63) is 29.6 Å². The monoisotopic (exact) mass is 262 g/mol. The Morgan fingerprint density at radius 3 is 3.00 bits per heavy atom. The zero-order chi connectivity index (χ0) is 13.7. The van der Waals surface area contributed by atoms with Crippen LogP contribution in [-0.4, -0.2) is 34.0 Å². The Labute approximate surface area is 114 Å². The van der Waals surface area contributed by atoms with Crippen LogP contribution in [0.15, 0.2) is 18.2 Å². The lowest BCUT2D eigenvalue weighted by atomic mass is 9.98. The summed E-state index contributed by atoms with van der Waals surface area (Å²) in [5.74, 6) is -0.105. The van der Waals surface area contributed by atoms with E-state index in [9.17, 15) is 4.79 Å². The van der Waals surface area contributed by atoms with Crippen molar-refractivity contribution in [2.24, 2.45) is 5.92 Å². The summed E-state index contributed by atoms with van der Waals surface area (Å²) < 4.78 is 0. The molecule has 104 valence electrons. The first kappa shape index (κ1) is 14.0. The molecule has 4 nitrogen and oxygen atoms in total. The van der Waals surface area contributed by atoms with Crippen LogP contribution in [-0.2, 0) is 6.54 Å². The fourth-order valence-electron chi connectivity index (χ4n) is 2.71. The molecule has 2 heterocycles. The van der Waals surface area contributed by atoms with Gasteiger partial charge in [-0.15, -0.1) is 0 Å². The predicted octanol–water partition coefficient (Wildman–Crippen LogP) is 2.79. The number of pyridine rings is 1. The lowest BCUT2D eigenvalue weighted by Gasteiger charge is -2.19. The van der Waals surface area contributed by atoms with E-state index in [1.807, 2.05) is 6.07 Å². The van der Waals surface area contributed by atoms with Gasteiger partial charge in [0.2, 0.25) is 0 Å². The molecule has 2 rings (SSSR count). The summed E-state index contributed by atoms with van der Waals surface area (Å²) in [5.41, 5.74) is 0.994. The van der Waals surface area contributed by atoms with Crippen LogP contribution in [0, 0.1) is 5.92 Å². The second-order valence-electron chi connectivity index (χ2n) is 5.30. The second-order valence-corrected chi connectivity index (χ2v) is 5.30. The van der Waals surface area contributed by atoms with Gasteiger partial charge in [-0.2, -0.15) is 0 Å². The molecule has 0 bridgehead atoms. The topological polar surface area (TPSA) is 53.4 Å². The zero-order valence-electron chi connectivity index (χ0n) is 11.5. The quantitative estimate of drug-likeness (QED) is 0.906. The Hall–Kier alpha value is -1.42. The van der Waals surface area contributed by atoms with Crippen molar-refractivity contribution in [1.29, 1.82) is 0 Å². The minimum atomic E-state index is -0.955. The second kappa shape index (κ2) is 6.66. The number of aromatic carboxylic acids is 1. The minimum absolute atomic E-state index is 0.138. The van der Waals surface area contributed by atoms with Crippen molar-refractivity contribution in [2.75, 3.05) is 13.1 Å². The number of carboxylic acids is 1. The van der Waals surface area contributed by atoms with Gasteiger partial charge < -0.3 is 5.11 Å². The minimum Gasteiger partial charge on any atom is -0.477 e. The van der Waals surface area contributed by atoms with Crippen LogP contribution in [0.1, 0.15) is 48.8 Å². The predicted molar refractivity (Wildman–Crippen MR) is 74.1 cm³/mol. The van der Waals surface area contributed by atoms with E-state index in [1.165, 1.54) is 25.7 Å². The molecule has 1 fully saturated rings. The van der Waals surface area contributed by atoms with Gasteiger partial charge in [0.05, 0.1) is 5.69 Å². The van der Waals surface area contributed by atoms with Gasteiger partial charge in [0, 0.05) is 6.54 Å². The molecule has 0 amide bonds. The van der Waals surface area contributed by atoms with Crippen LogP contribution in [0.3, 0.4) is 0 Å². The number of aromatic nitrogens is 1. The summed E-state index contributed by atoms with van der Waals surface area (Å²) in [6.07, 6.45) is 5.06. The standard InChI is InChI=1S/C15H22N2O2/c1-2-12-5-4-9-17(10-8-12)11-13-6-3-7-14(16-13)15(18)19/h3,6-7,12H,2,4-5,8-11H2,1H3,(H,18,19). The number of likely N-dealkylation sites (tertiary alicyclic amines) is 1. The number of hydrogen-bond donors (Lipinski definition) is 1. The first-order chi connectivity index (χ1) is 9.19. The molecule has 4 heteroatoms. The van der Waals surface area contributed by atoms with Crippen LogP contribution in [0.2, 0.25) is 0 Å². The number of carbonyl (C=O) groups is 1. The fourth-order valence-corrected chi connectivity index (χ4v) is 2.71. The molecule has 1 aromatic rings. The first-order valence-corrected chi connectivity index (χ1v) is 7.10. The van der Waals surface area contributed by atoms with Crippen LogP contribution < -0.4 is 0 Å². The van der Waals surface area contributed by atoms with E-state index in [0.717, 1.165) is 31.2 Å². The molecular formula is C15H22N2O2. The molecule has 1 N–H and O–H groups in total. The van der Waals surface area contributed by atoms with E-state index < -0.39 is 5.97 Å². The molecule has 1 unspecified atom stereocenters. The molecule has 0 radical (unpaired) electrons. The van der Waals surface area contributed by atoms with Gasteiger partial charge in [-0.3, -0.25) is 4.90 Å². The van der Waals surface area contributed by atoms with Gasteiger partial charge in [0.1, 0.15) is 5.69 Å². The van der Waals surface area contributed by atoms with Crippen molar-refractivity contribution in [2.45, 2.75) is 39.2 Å². The molecule has 1 aliphatic rings. The van der Waals surface area contributed by atoms with E-state index in [2.05, 4.69) is 16.8 Å². The highest BCUT2D eigenvalue weighted by atomic mass is 16.4. The van der Waals surface area contributed by atoms with E-state index in [4.69, 9.17) is 5.11 Å². The Balaban J connectivity index is 1.97.